The topological polar surface area (TPSA) is 12.0 Å². The molecule has 66 valence electrons. The molecule has 0 saturated heterocycles. The van der Waals surface area contributed by atoms with Crippen LogP contribution in [0.4, 0.5) is 13.2 Å². The predicted molar refractivity (Wildman–Crippen MR) is 36.3 cm³/mol. The summed E-state index contributed by atoms with van der Waals surface area (Å²) >= 11 is 0. The molecule has 1 saturated carbocycles. The molecule has 0 aromatic rings. The smallest absolute Gasteiger partial charge is 0.307 e. The van der Waals surface area contributed by atoms with E-state index in [1.165, 1.54) is 7.05 Å². The second kappa shape index (κ2) is 2.66. The summed E-state index contributed by atoms with van der Waals surface area (Å²) in [6.07, 6.45) is -2.26. The van der Waals surface area contributed by atoms with Gasteiger partial charge in [-0.3, -0.25) is 0 Å². The first-order chi connectivity index (χ1) is 5.02. The van der Waals surface area contributed by atoms with Crippen LogP contribution >= 0.6 is 0 Å². The minimum atomic E-state index is -4.09. The zero-order chi connectivity index (χ0) is 8.54. The SMILES string of the molecule is CNC1(C(F)(F)F)CCCC1. The van der Waals surface area contributed by atoms with E-state index in [1.807, 2.05) is 0 Å². The largest absolute Gasteiger partial charge is 0.406 e. The fraction of sp³-hybridized carbons (Fsp3) is 1.00. The molecule has 1 aliphatic carbocycles. The molecule has 1 fully saturated rings. The monoisotopic (exact) mass is 167 g/mol. The van der Waals surface area contributed by atoms with Crippen molar-refractivity contribution in [2.75, 3.05) is 7.05 Å². The Morgan fingerprint density at radius 1 is 1.18 bits per heavy atom. The highest BCUT2D eigenvalue weighted by atomic mass is 19.4. The maximum Gasteiger partial charge on any atom is 0.406 e. The summed E-state index contributed by atoms with van der Waals surface area (Å²) in [5.41, 5.74) is -1.58. The maximum atomic E-state index is 12.4. The molecule has 0 atom stereocenters. The Labute approximate surface area is 64.0 Å². The van der Waals surface area contributed by atoms with Crippen molar-refractivity contribution >= 4 is 0 Å². The third-order valence-corrected chi connectivity index (χ3v) is 2.48. The van der Waals surface area contributed by atoms with Crippen LogP contribution in [-0.4, -0.2) is 18.8 Å². The van der Waals surface area contributed by atoms with Gasteiger partial charge in [0.2, 0.25) is 0 Å². The zero-order valence-corrected chi connectivity index (χ0v) is 6.46. The molecule has 0 aromatic heterocycles. The van der Waals surface area contributed by atoms with Gasteiger partial charge in [-0.25, -0.2) is 0 Å². The lowest BCUT2D eigenvalue weighted by Crippen LogP contribution is -2.53. The highest BCUT2D eigenvalue weighted by Crippen LogP contribution is 2.42. The van der Waals surface area contributed by atoms with Crippen LogP contribution < -0.4 is 5.32 Å². The third-order valence-electron chi connectivity index (χ3n) is 2.48. The molecule has 1 rings (SSSR count). The highest BCUT2D eigenvalue weighted by Gasteiger charge is 2.54. The summed E-state index contributed by atoms with van der Waals surface area (Å²) < 4.78 is 37.1. The van der Waals surface area contributed by atoms with Crippen LogP contribution in [0.5, 0.6) is 0 Å². The van der Waals surface area contributed by atoms with Gasteiger partial charge in [0.1, 0.15) is 5.54 Å². The Bertz CT molecular complexity index is 135. The van der Waals surface area contributed by atoms with E-state index in [4.69, 9.17) is 0 Å². The standard InChI is InChI=1S/C7H12F3N/c1-11-6(7(8,9)10)4-2-3-5-6/h11H,2-5H2,1H3. The quantitative estimate of drug-likeness (QED) is 0.630. The third kappa shape index (κ3) is 1.36. The normalized spacial score (nSPS) is 24.0. The van der Waals surface area contributed by atoms with Crippen molar-refractivity contribution in [1.82, 2.24) is 5.32 Å². The number of nitrogens with one attached hydrogen (secondary N) is 1. The van der Waals surface area contributed by atoms with Crippen molar-refractivity contribution < 1.29 is 13.2 Å². The Hall–Kier alpha value is -0.250. The van der Waals surface area contributed by atoms with Crippen molar-refractivity contribution in [2.24, 2.45) is 0 Å². The van der Waals surface area contributed by atoms with Crippen LogP contribution in [-0.2, 0) is 0 Å². The van der Waals surface area contributed by atoms with E-state index in [1.54, 1.807) is 0 Å². The van der Waals surface area contributed by atoms with Crippen molar-refractivity contribution in [3.63, 3.8) is 0 Å². The van der Waals surface area contributed by atoms with Crippen LogP contribution in [0.25, 0.3) is 0 Å². The van der Waals surface area contributed by atoms with Gasteiger partial charge in [-0.05, 0) is 19.9 Å². The van der Waals surface area contributed by atoms with Gasteiger partial charge in [0.05, 0.1) is 0 Å². The molecular formula is C7H12F3N. The molecule has 0 aliphatic heterocycles. The molecule has 1 aliphatic rings. The summed E-state index contributed by atoms with van der Waals surface area (Å²) in [7, 11) is 1.39. The van der Waals surface area contributed by atoms with Crippen LogP contribution in [0, 0.1) is 0 Å². The first-order valence-electron chi connectivity index (χ1n) is 3.77. The van der Waals surface area contributed by atoms with E-state index in [-0.39, 0.29) is 12.8 Å². The van der Waals surface area contributed by atoms with Gasteiger partial charge in [-0.2, -0.15) is 13.2 Å². The lowest BCUT2D eigenvalue weighted by Gasteiger charge is -2.30. The molecule has 0 spiro atoms. The maximum absolute atomic E-state index is 12.4. The van der Waals surface area contributed by atoms with Crippen LogP contribution in [0.15, 0.2) is 0 Å². The fourth-order valence-electron chi connectivity index (χ4n) is 1.65. The Morgan fingerprint density at radius 3 is 1.82 bits per heavy atom. The lowest BCUT2D eigenvalue weighted by molar-refractivity contribution is -0.193. The molecule has 0 radical (unpaired) electrons. The van der Waals surface area contributed by atoms with E-state index in [2.05, 4.69) is 5.32 Å². The van der Waals surface area contributed by atoms with E-state index in [0.717, 1.165) is 0 Å². The number of alkyl halides is 3. The molecular weight excluding hydrogens is 155 g/mol. The van der Waals surface area contributed by atoms with Crippen molar-refractivity contribution in [2.45, 2.75) is 37.4 Å². The summed E-state index contributed by atoms with van der Waals surface area (Å²) in [6.45, 7) is 0. The van der Waals surface area contributed by atoms with Crippen LogP contribution in [0.1, 0.15) is 25.7 Å². The highest BCUT2D eigenvalue weighted by molar-refractivity contribution is 4.97. The van der Waals surface area contributed by atoms with E-state index in [0.29, 0.717) is 12.8 Å². The van der Waals surface area contributed by atoms with Gasteiger partial charge < -0.3 is 5.32 Å². The van der Waals surface area contributed by atoms with Gasteiger partial charge in [-0.15, -0.1) is 0 Å². The molecule has 1 N–H and O–H groups in total. The van der Waals surface area contributed by atoms with Crippen molar-refractivity contribution in [3.8, 4) is 0 Å². The summed E-state index contributed by atoms with van der Waals surface area (Å²) in [6, 6.07) is 0. The molecule has 0 aromatic carbocycles. The number of halogens is 3. The van der Waals surface area contributed by atoms with Gasteiger partial charge in [-0.1, -0.05) is 12.8 Å². The minimum Gasteiger partial charge on any atom is -0.307 e. The molecule has 4 heteroatoms. The molecule has 11 heavy (non-hydrogen) atoms. The fourth-order valence-corrected chi connectivity index (χ4v) is 1.65. The second-order valence-corrected chi connectivity index (χ2v) is 3.04. The summed E-state index contributed by atoms with van der Waals surface area (Å²) in [5.74, 6) is 0. The van der Waals surface area contributed by atoms with Gasteiger partial charge >= 0.3 is 6.18 Å². The first kappa shape index (κ1) is 8.84. The Morgan fingerprint density at radius 2 is 1.64 bits per heavy atom. The van der Waals surface area contributed by atoms with Gasteiger partial charge in [0.15, 0.2) is 0 Å². The summed E-state index contributed by atoms with van der Waals surface area (Å²) in [4.78, 5) is 0. The molecule has 1 nitrogen and oxygen atoms in total. The number of hydrogen-bond acceptors (Lipinski definition) is 1. The molecule has 0 unspecified atom stereocenters. The predicted octanol–water partition coefficient (Wildman–Crippen LogP) is 2.08. The Balaban J connectivity index is 2.75. The first-order valence-corrected chi connectivity index (χ1v) is 3.77. The average Bonchev–Trinajstić information content (AvgIpc) is 2.33. The van der Waals surface area contributed by atoms with Crippen molar-refractivity contribution in [3.05, 3.63) is 0 Å². The van der Waals surface area contributed by atoms with E-state index in [9.17, 15) is 13.2 Å². The van der Waals surface area contributed by atoms with E-state index < -0.39 is 11.7 Å². The van der Waals surface area contributed by atoms with Crippen LogP contribution in [0.3, 0.4) is 0 Å². The van der Waals surface area contributed by atoms with Crippen molar-refractivity contribution in [1.29, 1.82) is 0 Å². The van der Waals surface area contributed by atoms with Gasteiger partial charge in [0.25, 0.3) is 0 Å². The van der Waals surface area contributed by atoms with Gasteiger partial charge in [0, 0.05) is 0 Å². The molecule has 0 bridgehead atoms. The number of hydrogen-bond donors (Lipinski definition) is 1. The summed E-state index contributed by atoms with van der Waals surface area (Å²) in [5, 5.41) is 2.39. The lowest BCUT2D eigenvalue weighted by atomic mass is 9.97. The second-order valence-electron chi connectivity index (χ2n) is 3.04. The average molecular weight is 167 g/mol. The molecule has 0 amide bonds. The zero-order valence-electron chi connectivity index (χ0n) is 6.46. The molecule has 0 heterocycles. The van der Waals surface area contributed by atoms with E-state index >= 15 is 0 Å². The Kier molecular flexibility index (Phi) is 2.14. The number of rotatable bonds is 1. The minimum absolute atomic E-state index is 0.229. The van der Waals surface area contributed by atoms with Crippen LogP contribution in [0.2, 0.25) is 0 Å².